The van der Waals surface area contributed by atoms with Gasteiger partial charge in [-0.25, -0.2) is 0 Å². The number of aliphatic hydroxyl groups excluding tert-OH is 1. The topological polar surface area (TPSA) is 66.8 Å². The van der Waals surface area contributed by atoms with Crippen LogP contribution in [-0.2, 0) is 9.53 Å². The van der Waals surface area contributed by atoms with Gasteiger partial charge in [0.1, 0.15) is 5.78 Å². The Morgan fingerprint density at radius 2 is 1.92 bits per heavy atom. The summed E-state index contributed by atoms with van der Waals surface area (Å²) in [6.45, 7) is 12.7. The van der Waals surface area contributed by atoms with Gasteiger partial charge in [-0.3, -0.25) is 4.79 Å². The van der Waals surface area contributed by atoms with Gasteiger partial charge in [-0.1, -0.05) is 32.9 Å². The number of aliphatic hydroxyl groups is 2. The average molecular weight is 355 g/mol. The number of ketones is 1. The highest BCUT2D eigenvalue weighted by molar-refractivity contribution is 5.82. The Morgan fingerprint density at radius 3 is 2.52 bits per heavy atom. The van der Waals surface area contributed by atoms with E-state index in [9.17, 15) is 15.0 Å². The Balaban J connectivity index is 2.59. The van der Waals surface area contributed by atoms with Gasteiger partial charge >= 0.3 is 0 Å². The van der Waals surface area contributed by atoms with Crippen molar-refractivity contribution in [3.8, 4) is 0 Å². The van der Waals surface area contributed by atoms with E-state index in [0.717, 1.165) is 31.3 Å². The lowest BCUT2D eigenvalue weighted by Gasteiger charge is -2.43. The lowest BCUT2D eigenvalue weighted by atomic mass is 9.75. The van der Waals surface area contributed by atoms with Crippen molar-refractivity contribution < 1.29 is 19.7 Å². The molecular weight excluding hydrogens is 316 g/mol. The summed E-state index contributed by atoms with van der Waals surface area (Å²) in [4.78, 5) is 12.3. The van der Waals surface area contributed by atoms with E-state index >= 15 is 0 Å². The predicted octanol–water partition coefficient (Wildman–Crippen LogP) is 4.04. The first-order valence-electron chi connectivity index (χ1n) is 9.83. The van der Waals surface area contributed by atoms with E-state index in [1.54, 1.807) is 0 Å². The molecule has 3 atom stereocenters. The third-order valence-corrected chi connectivity index (χ3v) is 5.97. The minimum atomic E-state index is -0.989. The van der Waals surface area contributed by atoms with Crippen molar-refractivity contribution >= 4 is 5.78 Å². The quantitative estimate of drug-likeness (QED) is 0.581. The number of ether oxygens (including phenoxy) is 1. The molecule has 4 heteroatoms. The molecule has 0 aromatic heterocycles. The zero-order valence-electron chi connectivity index (χ0n) is 16.6. The minimum absolute atomic E-state index is 0.00388. The fraction of sp³-hybridized carbons (Fsp3) is 0.857. The standard InChI is InChI=1S/C21H38O4/c1-16(2)18(4)15-19(23)17(3)9-8-10-20(5)21(24,12-13-22)11-6-7-14-25-20/h16-17,22,24H,4,6-15H2,1-3,5H3/t17?,20-,21+/m0/s1. The molecular formula is C21H38O4. The van der Waals surface area contributed by atoms with Gasteiger partial charge in [-0.15, -0.1) is 0 Å². The summed E-state index contributed by atoms with van der Waals surface area (Å²) in [6, 6.07) is 0. The molecule has 4 nitrogen and oxygen atoms in total. The molecule has 1 unspecified atom stereocenters. The Hall–Kier alpha value is -0.710. The average Bonchev–Trinajstić information content (AvgIpc) is 2.67. The van der Waals surface area contributed by atoms with Gasteiger partial charge in [0.25, 0.3) is 0 Å². The number of carbonyl (C=O) groups excluding carboxylic acids is 1. The zero-order valence-corrected chi connectivity index (χ0v) is 16.6. The van der Waals surface area contributed by atoms with E-state index < -0.39 is 11.2 Å². The molecule has 2 N–H and O–H groups in total. The number of hydrogen-bond donors (Lipinski definition) is 2. The van der Waals surface area contributed by atoms with Crippen molar-refractivity contribution in [1.82, 2.24) is 0 Å². The summed E-state index contributed by atoms with van der Waals surface area (Å²) in [5.41, 5.74) is -0.651. The summed E-state index contributed by atoms with van der Waals surface area (Å²) >= 11 is 0. The van der Waals surface area contributed by atoms with Crippen molar-refractivity contribution in [3.63, 3.8) is 0 Å². The summed E-state index contributed by atoms with van der Waals surface area (Å²) in [5, 5.41) is 20.4. The third-order valence-electron chi connectivity index (χ3n) is 5.97. The molecule has 1 rings (SSSR count). The van der Waals surface area contributed by atoms with Gasteiger partial charge in [0.2, 0.25) is 0 Å². The van der Waals surface area contributed by atoms with E-state index in [-0.39, 0.29) is 18.3 Å². The van der Waals surface area contributed by atoms with Crippen molar-refractivity contribution in [2.24, 2.45) is 11.8 Å². The monoisotopic (exact) mass is 354 g/mol. The van der Waals surface area contributed by atoms with E-state index in [1.165, 1.54) is 0 Å². The largest absolute Gasteiger partial charge is 0.396 e. The Labute approximate surface area is 153 Å². The van der Waals surface area contributed by atoms with Crippen LogP contribution in [0.5, 0.6) is 0 Å². The number of hydrogen-bond acceptors (Lipinski definition) is 4. The van der Waals surface area contributed by atoms with Crippen molar-refractivity contribution in [2.75, 3.05) is 13.2 Å². The fourth-order valence-electron chi connectivity index (χ4n) is 3.60. The van der Waals surface area contributed by atoms with Gasteiger partial charge in [0.15, 0.2) is 0 Å². The summed E-state index contributed by atoms with van der Waals surface area (Å²) in [7, 11) is 0. The second-order valence-electron chi connectivity index (χ2n) is 8.29. The Morgan fingerprint density at radius 1 is 1.24 bits per heavy atom. The van der Waals surface area contributed by atoms with E-state index in [2.05, 4.69) is 20.4 Å². The third kappa shape index (κ3) is 6.19. The summed E-state index contributed by atoms with van der Waals surface area (Å²) in [5.74, 6) is 0.579. The van der Waals surface area contributed by atoms with Gasteiger partial charge in [-0.05, 0) is 51.4 Å². The smallest absolute Gasteiger partial charge is 0.139 e. The van der Waals surface area contributed by atoms with Crippen LogP contribution in [-0.4, -0.2) is 40.4 Å². The molecule has 1 aliphatic heterocycles. The molecule has 1 fully saturated rings. The molecule has 1 saturated heterocycles. The van der Waals surface area contributed by atoms with Crippen LogP contribution < -0.4 is 0 Å². The van der Waals surface area contributed by atoms with Crippen molar-refractivity contribution in [3.05, 3.63) is 12.2 Å². The zero-order chi connectivity index (χ0) is 19.1. The first-order chi connectivity index (χ1) is 11.6. The lowest BCUT2D eigenvalue weighted by Crippen LogP contribution is -2.53. The molecule has 0 aliphatic carbocycles. The summed E-state index contributed by atoms with van der Waals surface area (Å²) < 4.78 is 6.04. The fourth-order valence-corrected chi connectivity index (χ4v) is 3.60. The van der Waals surface area contributed by atoms with Crippen molar-refractivity contribution in [1.29, 1.82) is 0 Å². The van der Waals surface area contributed by atoms with Crippen LogP contribution in [0, 0.1) is 11.8 Å². The maximum atomic E-state index is 12.3. The number of carbonyl (C=O) groups is 1. The minimum Gasteiger partial charge on any atom is -0.396 e. The molecule has 1 aliphatic rings. The van der Waals surface area contributed by atoms with Crippen LogP contribution >= 0.6 is 0 Å². The highest BCUT2D eigenvalue weighted by atomic mass is 16.5. The molecule has 1 heterocycles. The Kier molecular flexibility index (Phi) is 8.79. The normalized spacial score (nSPS) is 28.6. The van der Waals surface area contributed by atoms with Crippen LogP contribution in [0.15, 0.2) is 12.2 Å². The molecule has 0 saturated carbocycles. The predicted molar refractivity (Wildman–Crippen MR) is 101 cm³/mol. The molecule has 25 heavy (non-hydrogen) atoms. The molecule has 0 radical (unpaired) electrons. The first kappa shape index (κ1) is 22.3. The summed E-state index contributed by atoms with van der Waals surface area (Å²) in [6.07, 6.45) is 5.63. The van der Waals surface area contributed by atoms with Gasteiger partial charge in [-0.2, -0.15) is 0 Å². The molecule has 0 spiro atoms. The van der Waals surface area contributed by atoms with Crippen molar-refractivity contribution in [2.45, 2.75) is 90.3 Å². The molecule has 0 amide bonds. The van der Waals surface area contributed by atoms with Crippen LogP contribution in [0.3, 0.4) is 0 Å². The molecule has 146 valence electrons. The van der Waals surface area contributed by atoms with Gasteiger partial charge in [0.05, 0.1) is 11.2 Å². The number of Topliss-reactive ketones (excluding diaryl/α,β-unsaturated/α-hetero) is 1. The Bertz CT molecular complexity index is 445. The van der Waals surface area contributed by atoms with Crippen LogP contribution in [0.2, 0.25) is 0 Å². The molecule has 0 aromatic carbocycles. The second-order valence-corrected chi connectivity index (χ2v) is 8.29. The lowest BCUT2D eigenvalue weighted by molar-refractivity contribution is -0.178. The molecule has 0 aromatic rings. The number of allylic oxidation sites excluding steroid dienone is 1. The van der Waals surface area contributed by atoms with E-state index in [4.69, 9.17) is 4.74 Å². The maximum absolute atomic E-state index is 12.3. The molecule has 0 bridgehead atoms. The van der Waals surface area contributed by atoms with Crippen LogP contribution in [0.25, 0.3) is 0 Å². The van der Waals surface area contributed by atoms with Gasteiger partial charge in [0, 0.05) is 32.0 Å². The highest BCUT2D eigenvalue weighted by Gasteiger charge is 2.47. The van der Waals surface area contributed by atoms with Crippen LogP contribution in [0.4, 0.5) is 0 Å². The van der Waals surface area contributed by atoms with E-state index in [0.29, 0.717) is 38.2 Å². The van der Waals surface area contributed by atoms with E-state index in [1.807, 2.05) is 13.8 Å². The maximum Gasteiger partial charge on any atom is 0.139 e. The van der Waals surface area contributed by atoms with Gasteiger partial charge < -0.3 is 14.9 Å². The number of rotatable bonds is 10. The first-order valence-corrected chi connectivity index (χ1v) is 9.83. The SMILES string of the molecule is C=C(CC(=O)C(C)CCC[C@]1(C)OCCCC[C@@]1(O)CCO)C(C)C. The second kappa shape index (κ2) is 9.84. The highest BCUT2D eigenvalue weighted by Crippen LogP contribution is 2.40. The van der Waals surface area contributed by atoms with Crippen LogP contribution in [0.1, 0.15) is 79.1 Å².